The predicted octanol–water partition coefficient (Wildman–Crippen LogP) is 2.96. The third-order valence-electron chi connectivity index (χ3n) is 5.90. The Bertz CT molecular complexity index is 1650. The zero-order chi connectivity index (χ0) is 25.9. The Kier molecular flexibility index (Phi) is 6.17. The van der Waals surface area contributed by atoms with Crippen molar-refractivity contribution in [3.8, 4) is 11.4 Å². The van der Waals surface area contributed by atoms with E-state index in [1.165, 1.54) is 15.7 Å². The van der Waals surface area contributed by atoms with Gasteiger partial charge in [0.05, 0.1) is 17.1 Å². The molecule has 5 aromatic rings. The van der Waals surface area contributed by atoms with Gasteiger partial charge in [-0.05, 0) is 65.9 Å². The quantitative estimate of drug-likeness (QED) is 0.373. The number of tetrazole rings is 1. The molecule has 2 heterocycles. The molecule has 2 aromatic heterocycles. The van der Waals surface area contributed by atoms with Crippen LogP contribution in [0.4, 0.5) is 11.4 Å². The Labute approximate surface area is 211 Å². The summed E-state index contributed by atoms with van der Waals surface area (Å²) in [6.07, 6.45) is 1.43. The third-order valence-corrected chi connectivity index (χ3v) is 5.90. The molecule has 0 spiro atoms. The van der Waals surface area contributed by atoms with Gasteiger partial charge in [0.1, 0.15) is 12.0 Å². The van der Waals surface area contributed by atoms with E-state index < -0.39 is 5.91 Å². The monoisotopic (exact) mass is 494 g/mol. The van der Waals surface area contributed by atoms with Gasteiger partial charge in [-0.1, -0.05) is 30.3 Å². The molecule has 0 bridgehead atoms. The van der Waals surface area contributed by atoms with Gasteiger partial charge in [-0.2, -0.15) is 0 Å². The maximum atomic E-state index is 13.1. The van der Waals surface area contributed by atoms with Crippen LogP contribution >= 0.6 is 0 Å². The normalized spacial score (nSPS) is 10.8. The largest absolute Gasteiger partial charge is 0.322 e. The average Bonchev–Trinajstić information content (AvgIpc) is 3.53. The van der Waals surface area contributed by atoms with Crippen LogP contribution < -0.4 is 16.2 Å². The average molecular weight is 495 g/mol. The van der Waals surface area contributed by atoms with Gasteiger partial charge in [-0.15, -0.1) is 5.10 Å². The first-order chi connectivity index (χ1) is 17.9. The summed E-state index contributed by atoms with van der Waals surface area (Å²) in [5.41, 5.74) is 2.87. The summed E-state index contributed by atoms with van der Waals surface area (Å²) >= 11 is 0. The highest BCUT2D eigenvalue weighted by Crippen LogP contribution is 2.18. The third kappa shape index (κ3) is 4.65. The summed E-state index contributed by atoms with van der Waals surface area (Å²) in [5.74, 6) is -0.833. The number of hydrogen-bond acceptors (Lipinski definition) is 6. The number of benzene rings is 3. The molecule has 11 heteroatoms. The van der Waals surface area contributed by atoms with Gasteiger partial charge in [-0.3, -0.25) is 19.1 Å². The maximum Gasteiger partial charge on any atom is 0.295 e. The molecule has 2 amide bonds. The van der Waals surface area contributed by atoms with Crippen molar-refractivity contribution in [3.63, 3.8) is 0 Å². The van der Waals surface area contributed by atoms with Crippen molar-refractivity contribution in [3.05, 3.63) is 112 Å². The number of hydrogen-bond donors (Lipinski definition) is 2. The van der Waals surface area contributed by atoms with Crippen LogP contribution in [0.5, 0.6) is 0 Å². The van der Waals surface area contributed by atoms with Crippen LogP contribution in [0.15, 0.2) is 90.0 Å². The molecule has 0 radical (unpaired) electrons. The van der Waals surface area contributed by atoms with E-state index in [9.17, 15) is 14.4 Å². The molecule has 5 rings (SSSR count). The van der Waals surface area contributed by atoms with Gasteiger partial charge in [0.15, 0.2) is 0 Å². The fourth-order valence-corrected chi connectivity index (χ4v) is 3.91. The molecule has 0 aliphatic carbocycles. The van der Waals surface area contributed by atoms with Crippen LogP contribution in [-0.4, -0.2) is 41.4 Å². The number of para-hydroxylation sites is 1. The van der Waals surface area contributed by atoms with Crippen LogP contribution in [0.3, 0.4) is 0 Å². The molecule has 0 saturated heterocycles. The van der Waals surface area contributed by atoms with Crippen LogP contribution in [-0.2, 0) is 7.05 Å². The number of amides is 2. The van der Waals surface area contributed by atoms with Crippen LogP contribution in [0.1, 0.15) is 26.4 Å². The Morgan fingerprint density at radius 1 is 0.811 bits per heavy atom. The second-order valence-corrected chi connectivity index (χ2v) is 8.23. The standard InChI is InChI=1S/C26H22N8O3/c1-17-23(26(37)34(32(17)2)21-11-4-3-5-12-21)29-25(36)18-8-6-10-20(14-18)28-24(35)19-9-7-13-22(15-19)33-16-27-30-31-33/h3-16H,1-2H3,(H,28,35)(H,29,36). The topological polar surface area (TPSA) is 129 Å². The molecule has 11 nitrogen and oxygen atoms in total. The lowest BCUT2D eigenvalue weighted by molar-refractivity contribution is 0.101. The first-order valence-corrected chi connectivity index (χ1v) is 11.3. The summed E-state index contributed by atoms with van der Waals surface area (Å²) in [4.78, 5) is 39.0. The van der Waals surface area contributed by atoms with Crippen LogP contribution in [0.25, 0.3) is 11.4 Å². The number of aromatic nitrogens is 6. The van der Waals surface area contributed by atoms with Gasteiger partial charge in [0.2, 0.25) is 0 Å². The lowest BCUT2D eigenvalue weighted by atomic mass is 10.1. The summed E-state index contributed by atoms with van der Waals surface area (Å²) in [6, 6.07) is 22.5. The van der Waals surface area contributed by atoms with Gasteiger partial charge < -0.3 is 10.6 Å². The van der Waals surface area contributed by atoms with E-state index in [1.54, 1.807) is 67.2 Å². The summed E-state index contributed by atoms with van der Waals surface area (Å²) in [7, 11) is 1.75. The Hall–Kier alpha value is -5.32. The van der Waals surface area contributed by atoms with E-state index >= 15 is 0 Å². The number of nitrogens with one attached hydrogen (secondary N) is 2. The summed E-state index contributed by atoms with van der Waals surface area (Å²) in [5, 5.41) is 16.6. The number of rotatable bonds is 6. The maximum absolute atomic E-state index is 13.1. The van der Waals surface area contributed by atoms with E-state index in [4.69, 9.17) is 0 Å². The zero-order valence-electron chi connectivity index (χ0n) is 20.0. The van der Waals surface area contributed by atoms with Crippen LogP contribution in [0, 0.1) is 6.92 Å². The van der Waals surface area contributed by atoms with Crippen molar-refractivity contribution >= 4 is 23.2 Å². The highest BCUT2D eigenvalue weighted by Gasteiger charge is 2.19. The molecule has 0 aliphatic heterocycles. The van der Waals surface area contributed by atoms with E-state index in [0.29, 0.717) is 28.3 Å². The molecule has 0 atom stereocenters. The van der Waals surface area contributed by atoms with Gasteiger partial charge in [-0.25, -0.2) is 9.36 Å². The summed E-state index contributed by atoms with van der Waals surface area (Å²) < 4.78 is 4.62. The lowest BCUT2D eigenvalue weighted by Gasteiger charge is -2.09. The molecule has 3 aromatic carbocycles. The second kappa shape index (κ2) is 9.74. The molecular weight excluding hydrogens is 472 g/mol. The Morgan fingerprint density at radius 3 is 2.22 bits per heavy atom. The first kappa shape index (κ1) is 23.4. The van der Waals surface area contributed by atoms with Crippen LogP contribution in [0.2, 0.25) is 0 Å². The smallest absolute Gasteiger partial charge is 0.295 e. The first-order valence-electron chi connectivity index (χ1n) is 11.3. The minimum atomic E-state index is -0.470. The van der Waals surface area contributed by atoms with Crippen molar-refractivity contribution < 1.29 is 9.59 Å². The molecule has 184 valence electrons. The Morgan fingerprint density at radius 2 is 1.49 bits per heavy atom. The fraction of sp³-hybridized carbons (Fsp3) is 0.0769. The Balaban J connectivity index is 1.35. The lowest BCUT2D eigenvalue weighted by Crippen LogP contribution is -2.23. The molecule has 0 saturated carbocycles. The van der Waals surface area contributed by atoms with Crippen molar-refractivity contribution in [2.24, 2.45) is 7.05 Å². The van der Waals surface area contributed by atoms with Crippen molar-refractivity contribution in [2.45, 2.75) is 6.92 Å². The zero-order valence-corrected chi connectivity index (χ0v) is 20.0. The van der Waals surface area contributed by atoms with E-state index in [1.807, 2.05) is 30.3 Å². The number of carbonyl (C=O) groups excluding carboxylic acids is 2. The van der Waals surface area contributed by atoms with Gasteiger partial charge >= 0.3 is 0 Å². The molecule has 0 fully saturated rings. The SMILES string of the molecule is Cc1c(NC(=O)c2cccc(NC(=O)c3cccc(-n4cnnn4)c3)c2)c(=O)n(-c2ccccc2)n1C. The van der Waals surface area contributed by atoms with E-state index in [0.717, 1.165) is 0 Å². The van der Waals surface area contributed by atoms with E-state index in [-0.39, 0.29) is 22.7 Å². The van der Waals surface area contributed by atoms with Crippen molar-refractivity contribution in [2.75, 3.05) is 10.6 Å². The molecular formula is C26H22N8O3. The summed E-state index contributed by atoms with van der Waals surface area (Å²) in [6.45, 7) is 1.76. The minimum Gasteiger partial charge on any atom is -0.322 e. The molecule has 0 aliphatic rings. The molecule has 2 N–H and O–H groups in total. The highest BCUT2D eigenvalue weighted by atomic mass is 16.2. The highest BCUT2D eigenvalue weighted by molar-refractivity contribution is 6.07. The second-order valence-electron chi connectivity index (χ2n) is 8.23. The number of carbonyl (C=O) groups is 2. The van der Waals surface area contributed by atoms with Gasteiger partial charge in [0, 0.05) is 23.9 Å². The number of nitrogens with zero attached hydrogens (tertiary/aromatic N) is 6. The predicted molar refractivity (Wildman–Crippen MR) is 137 cm³/mol. The van der Waals surface area contributed by atoms with Gasteiger partial charge in [0.25, 0.3) is 17.4 Å². The number of anilines is 2. The molecule has 37 heavy (non-hydrogen) atoms. The van der Waals surface area contributed by atoms with Crippen molar-refractivity contribution in [1.29, 1.82) is 0 Å². The van der Waals surface area contributed by atoms with Crippen molar-refractivity contribution in [1.82, 2.24) is 29.6 Å². The van der Waals surface area contributed by atoms with E-state index in [2.05, 4.69) is 26.2 Å². The fourth-order valence-electron chi connectivity index (χ4n) is 3.91. The molecule has 0 unspecified atom stereocenters. The minimum absolute atomic E-state index is 0.185.